The van der Waals surface area contributed by atoms with E-state index in [1.54, 1.807) is 12.1 Å². The molecular formula is C26H29F3N6O5. The molecule has 0 spiro atoms. The van der Waals surface area contributed by atoms with E-state index in [1.807, 2.05) is 12.1 Å². The molecule has 3 rings (SSSR count). The second-order valence-electron chi connectivity index (χ2n) is 8.71. The van der Waals surface area contributed by atoms with Crippen LogP contribution in [0.2, 0.25) is 0 Å². The van der Waals surface area contributed by atoms with Gasteiger partial charge in [0.25, 0.3) is 5.56 Å². The Morgan fingerprint density at radius 3 is 2.40 bits per heavy atom. The molecule has 0 saturated carbocycles. The maximum absolute atomic E-state index is 12.7. The van der Waals surface area contributed by atoms with Crippen molar-refractivity contribution >= 4 is 23.6 Å². The molecule has 6 N–H and O–H groups in total. The molecule has 40 heavy (non-hydrogen) atoms. The maximum Gasteiger partial charge on any atom is 0.573 e. The molecule has 0 atom stereocenters. The van der Waals surface area contributed by atoms with Crippen molar-refractivity contribution in [1.82, 2.24) is 14.9 Å². The number of ether oxygens (including phenoxy) is 1. The van der Waals surface area contributed by atoms with Crippen LogP contribution in [0.15, 0.2) is 59.5 Å². The van der Waals surface area contributed by atoms with Crippen molar-refractivity contribution in [2.75, 3.05) is 30.3 Å². The summed E-state index contributed by atoms with van der Waals surface area (Å²) in [6, 6.07) is 11.2. The third-order valence-corrected chi connectivity index (χ3v) is 5.61. The van der Waals surface area contributed by atoms with Crippen LogP contribution in [-0.4, -0.2) is 58.0 Å². The van der Waals surface area contributed by atoms with Crippen LogP contribution in [-0.2, 0) is 11.3 Å². The highest BCUT2D eigenvalue weighted by Crippen LogP contribution is 2.30. The number of anilines is 2. The van der Waals surface area contributed by atoms with Crippen molar-refractivity contribution in [3.8, 4) is 16.9 Å². The van der Waals surface area contributed by atoms with Gasteiger partial charge in [-0.05, 0) is 55.7 Å². The number of aromatic amines is 1. The topological polar surface area (TPSA) is 163 Å². The minimum atomic E-state index is -4.94. The fourth-order valence-electron chi connectivity index (χ4n) is 3.80. The summed E-state index contributed by atoms with van der Waals surface area (Å²) in [5.74, 6) is -1.66. The zero-order valence-corrected chi connectivity index (χ0v) is 21.3. The number of halogens is 3. The van der Waals surface area contributed by atoms with Gasteiger partial charge in [-0.25, -0.2) is 9.78 Å². The maximum atomic E-state index is 12.7. The van der Waals surface area contributed by atoms with Crippen molar-refractivity contribution in [3.63, 3.8) is 0 Å². The summed E-state index contributed by atoms with van der Waals surface area (Å²) in [7, 11) is 0. The van der Waals surface area contributed by atoms with Gasteiger partial charge in [0.05, 0.1) is 11.3 Å². The summed E-state index contributed by atoms with van der Waals surface area (Å²) in [6.45, 7) is 2.45. The fraction of sp³-hybridized carbons (Fsp3) is 0.308. The first-order chi connectivity index (χ1) is 19.0. The Hall–Kier alpha value is -4.43. The standard InChI is InChI=1S/C26H29F3N6O5/c27-26(28,29)40-21-6-2-1-5-20(21)32-25(39)34-24-31-15-19(23(38)33-24)18-10-8-17(9-11-18)16-35(14-4-12-30)13-3-7-22(36)37/h1-2,5-6,8-11,15H,3-4,7,12-14,16,30H2,(H,36,37)(H3,31,32,33,34,38,39). The smallest absolute Gasteiger partial charge is 0.481 e. The Labute approximate surface area is 227 Å². The number of aliphatic carboxylic acids is 1. The summed E-state index contributed by atoms with van der Waals surface area (Å²) in [6.07, 6.45) is -2.30. The van der Waals surface area contributed by atoms with Crippen LogP contribution in [0.3, 0.4) is 0 Å². The summed E-state index contributed by atoms with van der Waals surface area (Å²) >= 11 is 0. The Balaban J connectivity index is 1.63. The van der Waals surface area contributed by atoms with E-state index in [0.29, 0.717) is 31.6 Å². The number of H-pyrrole nitrogens is 1. The summed E-state index contributed by atoms with van der Waals surface area (Å²) < 4.78 is 41.7. The molecule has 2 amide bonds. The monoisotopic (exact) mass is 562 g/mol. The van der Waals surface area contributed by atoms with Crippen molar-refractivity contribution in [2.45, 2.75) is 32.2 Å². The number of urea groups is 1. The number of para-hydroxylation sites is 2. The molecule has 2 aromatic carbocycles. The molecule has 0 aliphatic rings. The van der Waals surface area contributed by atoms with Gasteiger partial charge in [-0.3, -0.25) is 24.8 Å². The quantitative estimate of drug-likeness (QED) is 0.209. The zero-order valence-electron chi connectivity index (χ0n) is 21.3. The Morgan fingerprint density at radius 1 is 1.05 bits per heavy atom. The van der Waals surface area contributed by atoms with Gasteiger partial charge in [0.1, 0.15) is 0 Å². The molecule has 11 nitrogen and oxygen atoms in total. The van der Waals surface area contributed by atoms with Gasteiger partial charge in [0.15, 0.2) is 5.75 Å². The third-order valence-electron chi connectivity index (χ3n) is 5.61. The van der Waals surface area contributed by atoms with Gasteiger partial charge in [0, 0.05) is 19.2 Å². The molecule has 0 unspecified atom stereocenters. The number of hydrogen-bond acceptors (Lipinski definition) is 7. The number of hydrogen-bond donors (Lipinski definition) is 5. The van der Waals surface area contributed by atoms with E-state index >= 15 is 0 Å². The number of alkyl halides is 3. The molecule has 1 heterocycles. The number of benzene rings is 2. The van der Waals surface area contributed by atoms with Gasteiger partial charge in [-0.2, -0.15) is 0 Å². The van der Waals surface area contributed by atoms with Crippen LogP contribution >= 0.6 is 0 Å². The van der Waals surface area contributed by atoms with Crippen molar-refractivity contribution < 1.29 is 32.6 Å². The summed E-state index contributed by atoms with van der Waals surface area (Å²) in [5.41, 5.74) is 6.61. The number of nitrogens with zero attached hydrogens (tertiary/aromatic N) is 2. The molecule has 14 heteroatoms. The number of nitrogens with two attached hydrogens (primary N) is 1. The molecule has 0 bridgehead atoms. The Kier molecular flexibility index (Phi) is 10.6. The first-order valence-corrected chi connectivity index (χ1v) is 12.3. The molecule has 0 saturated heterocycles. The second kappa shape index (κ2) is 14.1. The van der Waals surface area contributed by atoms with E-state index in [-0.39, 0.29) is 23.6 Å². The van der Waals surface area contributed by atoms with Gasteiger partial charge < -0.3 is 20.9 Å². The second-order valence-corrected chi connectivity index (χ2v) is 8.71. The minimum absolute atomic E-state index is 0.0835. The van der Waals surface area contributed by atoms with Crippen molar-refractivity contribution in [2.24, 2.45) is 5.73 Å². The SMILES string of the molecule is NCCCN(CCCC(=O)O)Cc1ccc(-c2cnc(NC(=O)Nc3ccccc3OC(F)(F)F)[nH]c2=O)cc1. The number of carboxylic acids is 1. The van der Waals surface area contributed by atoms with Crippen molar-refractivity contribution in [3.05, 3.63) is 70.6 Å². The lowest BCUT2D eigenvalue weighted by Gasteiger charge is -2.22. The van der Waals surface area contributed by atoms with Crippen LogP contribution in [0.25, 0.3) is 11.1 Å². The van der Waals surface area contributed by atoms with E-state index in [4.69, 9.17) is 10.8 Å². The lowest BCUT2D eigenvalue weighted by atomic mass is 10.1. The normalized spacial score (nSPS) is 11.3. The molecule has 1 aromatic heterocycles. The van der Waals surface area contributed by atoms with Crippen LogP contribution in [0.5, 0.6) is 5.75 Å². The average molecular weight is 563 g/mol. The number of carboxylic acid groups (broad SMARTS) is 1. The molecular weight excluding hydrogens is 533 g/mol. The molecule has 0 fully saturated rings. The highest BCUT2D eigenvalue weighted by Gasteiger charge is 2.32. The molecule has 0 radical (unpaired) electrons. The van der Waals surface area contributed by atoms with Crippen LogP contribution in [0.1, 0.15) is 24.8 Å². The van der Waals surface area contributed by atoms with Gasteiger partial charge in [-0.1, -0.05) is 36.4 Å². The van der Waals surface area contributed by atoms with E-state index in [1.165, 1.54) is 24.4 Å². The Bertz CT molecular complexity index is 1350. The van der Waals surface area contributed by atoms with E-state index in [9.17, 15) is 27.6 Å². The average Bonchev–Trinajstić information content (AvgIpc) is 2.88. The third kappa shape index (κ3) is 9.71. The largest absolute Gasteiger partial charge is 0.573 e. The molecule has 3 aromatic rings. The zero-order chi connectivity index (χ0) is 29.1. The predicted molar refractivity (Wildman–Crippen MR) is 142 cm³/mol. The summed E-state index contributed by atoms with van der Waals surface area (Å²) in [4.78, 5) is 44.4. The number of carbonyl (C=O) groups excluding carboxylic acids is 1. The van der Waals surface area contributed by atoms with Gasteiger partial charge in [-0.15, -0.1) is 13.2 Å². The lowest BCUT2D eigenvalue weighted by Crippen LogP contribution is -2.27. The van der Waals surface area contributed by atoms with Crippen LogP contribution in [0, 0.1) is 0 Å². The van der Waals surface area contributed by atoms with Crippen LogP contribution in [0.4, 0.5) is 29.6 Å². The number of amides is 2. The number of nitrogens with one attached hydrogen (secondary N) is 3. The highest BCUT2D eigenvalue weighted by atomic mass is 19.4. The Morgan fingerprint density at radius 2 is 1.75 bits per heavy atom. The van der Waals surface area contributed by atoms with E-state index in [2.05, 4.69) is 30.2 Å². The van der Waals surface area contributed by atoms with Crippen LogP contribution < -0.4 is 26.7 Å². The number of rotatable bonds is 13. The van der Waals surface area contributed by atoms with Crippen molar-refractivity contribution in [1.29, 1.82) is 0 Å². The lowest BCUT2D eigenvalue weighted by molar-refractivity contribution is -0.274. The molecule has 214 valence electrons. The predicted octanol–water partition coefficient (Wildman–Crippen LogP) is 4.00. The fourth-order valence-corrected chi connectivity index (χ4v) is 3.80. The number of carbonyl (C=O) groups is 2. The first-order valence-electron chi connectivity index (χ1n) is 12.3. The van der Waals surface area contributed by atoms with E-state index < -0.39 is 29.7 Å². The molecule has 0 aliphatic heterocycles. The highest BCUT2D eigenvalue weighted by molar-refractivity contribution is 5.99. The van der Waals surface area contributed by atoms with E-state index in [0.717, 1.165) is 24.6 Å². The molecule has 0 aliphatic carbocycles. The summed E-state index contributed by atoms with van der Waals surface area (Å²) in [5, 5.41) is 13.4. The van der Waals surface area contributed by atoms with Gasteiger partial charge >= 0.3 is 18.4 Å². The minimum Gasteiger partial charge on any atom is -0.481 e. The number of aromatic nitrogens is 2. The first kappa shape index (κ1) is 30.1. The van der Waals surface area contributed by atoms with Gasteiger partial charge in [0.2, 0.25) is 5.95 Å².